The van der Waals surface area contributed by atoms with Gasteiger partial charge in [0.25, 0.3) is 0 Å². The molecule has 0 fully saturated rings. The maximum absolute atomic E-state index is 2.27. The first-order chi connectivity index (χ1) is 4.24. The van der Waals surface area contributed by atoms with Crippen LogP contribution in [0.4, 0.5) is 0 Å². The van der Waals surface area contributed by atoms with Crippen molar-refractivity contribution in [1.29, 1.82) is 0 Å². The fourth-order valence-corrected chi connectivity index (χ4v) is 1.34. The smallest absolute Gasteiger partial charge is 0.0814 e. The average Bonchev–Trinajstić information content (AvgIpc) is 1.95. The van der Waals surface area contributed by atoms with Gasteiger partial charge in [0.05, 0.1) is 34.6 Å². The van der Waals surface area contributed by atoms with Gasteiger partial charge < -0.3 is 5.91 Å². The molecule has 0 rings (SSSR count). The summed E-state index contributed by atoms with van der Waals surface area (Å²) >= 11 is 0. The Hall–Kier alpha value is 0.0249. The minimum absolute atomic E-state index is 0. The van der Waals surface area contributed by atoms with Crippen molar-refractivity contribution in [2.45, 2.75) is 27.7 Å². The van der Waals surface area contributed by atoms with Crippen LogP contribution < -0.4 is 0 Å². The van der Waals surface area contributed by atoms with E-state index in [1.807, 2.05) is 0 Å². The van der Waals surface area contributed by atoms with Gasteiger partial charge >= 0.3 is 0 Å². The van der Waals surface area contributed by atoms with Gasteiger partial charge in [-0.1, -0.05) is 0 Å². The molecule has 0 saturated heterocycles. The van der Waals surface area contributed by atoms with E-state index >= 15 is 0 Å². The van der Waals surface area contributed by atoms with E-state index < -0.39 is 0 Å². The zero-order chi connectivity index (χ0) is 7.33. The second kappa shape index (κ2) is 5.78. The Morgan fingerprint density at radius 1 is 0.800 bits per heavy atom. The number of rotatable bonds is 4. The molecule has 2 heteroatoms. The topological polar surface area (TPSA) is 0 Å². The molecule has 0 spiro atoms. The van der Waals surface area contributed by atoms with Crippen LogP contribution in [0.5, 0.6) is 0 Å². The largest absolute Gasteiger partial charge is 1.00 e. The minimum Gasteiger partial charge on any atom is -1.00 e. The van der Waals surface area contributed by atoms with E-state index in [1.165, 1.54) is 30.7 Å². The van der Waals surface area contributed by atoms with E-state index in [2.05, 4.69) is 27.7 Å². The van der Waals surface area contributed by atoms with E-state index in [-0.39, 0.29) is 9.84 Å². The maximum atomic E-state index is 2.27. The van der Waals surface area contributed by atoms with Crippen LogP contribution in [-0.4, -0.2) is 39.1 Å². The molecule has 0 radical (unpaired) electrons. The molecule has 0 aromatic rings. The molecule has 0 aromatic carbocycles. The fourth-order valence-electron chi connectivity index (χ4n) is 1.34. The van der Waals surface area contributed by atoms with Crippen molar-refractivity contribution in [2.24, 2.45) is 0 Å². The van der Waals surface area contributed by atoms with Crippen LogP contribution in [0.1, 0.15) is 29.1 Å². The lowest BCUT2D eigenvalue weighted by Crippen LogP contribution is -2.47. The summed E-state index contributed by atoms with van der Waals surface area (Å²) in [6.07, 6.45) is 0. The van der Waals surface area contributed by atoms with Crippen LogP contribution in [0.2, 0.25) is 0 Å². The van der Waals surface area contributed by atoms with Crippen molar-refractivity contribution in [3.8, 4) is 0 Å². The number of hydrogen-bond acceptors (Lipinski definition) is 0. The molecule has 0 aromatic heterocycles. The van der Waals surface area contributed by atoms with Crippen LogP contribution in [0.25, 0.3) is 0 Å². The van der Waals surface area contributed by atoms with Crippen molar-refractivity contribution in [1.82, 2.24) is 0 Å². The molecule has 64 valence electrons. The molecule has 1 nitrogen and oxygen atoms in total. The van der Waals surface area contributed by atoms with Crippen molar-refractivity contribution in [3.05, 3.63) is 0 Å². The normalized spacial score (nSPS) is 10.8. The molecular weight excluding hydrogens is 121 g/mol. The lowest BCUT2D eigenvalue weighted by Gasteiger charge is -2.34. The Kier molecular flexibility index (Phi) is 7.33. The molecule has 10 heavy (non-hydrogen) atoms. The Morgan fingerprint density at radius 2 is 1.00 bits per heavy atom. The van der Waals surface area contributed by atoms with Crippen LogP contribution in [0, 0.1) is 0 Å². The predicted octanol–water partition coefficient (Wildman–Crippen LogP) is 0.811. The third-order valence-electron chi connectivity index (χ3n) is 2.68. The molecule has 0 N–H and O–H groups in total. The Morgan fingerprint density at radius 3 is 1.00 bits per heavy atom. The summed E-state index contributed by atoms with van der Waals surface area (Å²) in [6, 6.07) is 0. The summed E-state index contributed by atoms with van der Waals surface area (Å²) in [5, 5.41) is 0. The molecule has 0 aliphatic carbocycles. The molecule has 0 unspecified atom stereocenters. The number of nitrogens with zero attached hydrogens (tertiary/aromatic N) is 1. The maximum Gasteiger partial charge on any atom is 0.0814 e. The molecule has 0 heterocycles. The summed E-state index contributed by atoms with van der Waals surface area (Å²) < 4.78 is 1.28. The van der Waals surface area contributed by atoms with Crippen molar-refractivity contribution in [2.75, 3.05) is 26.2 Å². The van der Waals surface area contributed by atoms with Crippen molar-refractivity contribution in [3.63, 3.8) is 0 Å². The van der Waals surface area contributed by atoms with Crippen LogP contribution >= 0.6 is 0 Å². The zero-order valence-corrected chi connectivity index (χ0v) is 7.28. The van der Waals surface area contributed by atoms with Gasteiger partial charge in [0, 0.05) is 0 Å². The van der Waals surface area contributed by atoms with Gasteiger partial charge in [0.15, 0.2) is 0 Å². The quantitative estimate of drug-likeness (QED) is 0.405. The van der Waals surface area contributed by atoms with E-state index in [0.717, 1.165) is 0 Å². The SMILES string of the molecule is B.CC[N+](CC)(CC)CC.[H-]. The summed E-state index contributed by atoms with van der Waals surface area (Å²) in [4.78, 5) is 0. The average molecular weight is 145 g/mol. The highest BCUT2D eigenvalue weighted by atomic mass is 15.3. The summed E-state index contributed by atoms with van der Waals surface area (Å²) in [5.74, 6) is 0. The van der Waals surface area contributed by atoms with Crippen molar-refractivity contribution < 1.29 is 5.91 Å². The van der Waals surface area contributed by atoms with Crippen LogP contribution in [-0.2, 0) is 0 Å². The second-order valence-electron chi connectivity index (χ2n) is 2.61. The highest BCUT2D eigenvalue weighted by molar-refractivity contribution is 5.75. The third kappa shape index (κ3) is 2.74. The standard InChI is InChI=1S/C8H20N.BH3.H/c1-5-9(6-2,7-3)8-4;;/h5-8H2,1-4H3;1H3;/q+1;;-1. The second-order valence-corrected chi connectivity index (χ2v) is 2.61. The first kappa shape index (κ1) is 12.7. The first-order valence-electron chi connectivity index (χ1n) is 4.09. The van der Waals surface area contributed by atoms with Gasteiger partial charge in [-0.2, -0.15) is 0 Å². The van der Waals surface area contributed by atoms with Gasteiger partial charge in [-0.05, 0) is 27.7 Å². The molecule has 0 bridgehead atoms. The number of quaternary nitrogens is 1. The lowest BCUT2D eigenvalue weighted by atomic mass is 10.3. The highest BCUT2D eigenvalue weighted by Crippen LogP contribution is 2.03. The molecule has 0 atom stereocenters. The minimum atomic E-state index is 0. The van der Waals surface area contributed by atoms with E-state index in [4.69, 9.17) is 0 Å². The highest BCUT2D eigenvalue weighted by Gasteiger charge is 2.16. The molecule has 0 saturated carbocycles. The summed E-state index contributed by atoms with van der Waals surface area (Å²) in [6.45, 7) is 14.2. The Labute approximate surface area is 69.1 Å². The van der Waals surface area contributed by atoms with Crippen LogP contribution in [0.3, 0.4) is 0 Å². The molecule has 0 amide bonds. The van der Waals surface area contributed by atoms with Gasteiger partial charge in [0.2, 0.25) is 0 Å². The molecular formula is C8H24BN. The van der Waals surface area contributed by atoms with E-state index in [1.54, 1.807) is 0 Å². The Bertz CT molecular complexity index is 57.0. The van der Waals surface area contributed by atoms with Crippen molar-refractivity contribution >= 4 is 8.41 Å². The first-order valence-corrected chi connectivity index (χ1v) is 4.09. The lowest BCUT2D eigenvalue weighted by molar-refractivity contribution is -0.921. The van der Waals surface area contributed by atoms with Gasteiger partial charge in [-0.3, -0.25) is 0 Å². The zero-order valence-electron chi connectivity index (χ0n) is 8.28. The van der Waals surface area contributed by atoms with E-state index in [9.17, 15) is 0 Å². The molecule has 0 aliphatic heterocycles. The number of hydrogen-bond donors (Lipinski definition) is 0. The monoisotopic (exact) mass is 145 g/mol. The predicted molar refractivity (Wildman–Crippen MR) is 53.5 cm³/mol. The summed E-state index contributed by atoms with van der Waals surface area (Å²) in [7, 11) is 0. The third-order valence-corrected chi connectivity index (χ3v) is 2.68. The van der Waals surface area contributed by atoms with Crippen LogP contribution in [0.15, 0.2) is 0 Å². The Balaban J connectivity index is -0.000000320. The van der Waals surface area contributed by atoms with Gasteiger partial charge in [-0.25, -0.2) is 0 Å². The summed E-state index contributed by atoms with van der Waals surface area (Å²) in [5.41, 5.74) is 0. The van der Waals surface area contributed by atoms with E-state index in [0.29, 0.717) is 0 Å². The van der Waals surface area contributed by atoms with Gasteiger partial charge in [0.1, 0.15) is 0 Å². The van der Waals surface area contributed by atoms with Gasteiger partial charge in [-0.15, -0.1) is 0 Å². The fraction of sp³-hybridized carbons (Fsp3) is 1.00. The molecule has 0 aliphatic rings.